The van der Waals surface area contributed by atoms with E-state index in [0.29, 0.717) is 0 Å². The van der Waals surface area contributed by atoms with Gasteiger partial charge in [-0.25, -0.2) is 0 Å². The molecule has 0 fully saturated rings. The molecule has 3 heteroatoms. The Kier molecular flexibility index (Phi) is 10.7. The minimum absolute atomic E-state index is 0.621. The summed E-state index contributed by atoms with van der Waals surface area (Å²) in [4.78, 5) is 0. The Balaban J connectivity index is 2.33. The minimum atomic E-state index is -0.621. The van der Waals surface area contributed by atoms with Crippen molar-refractivity contribution in [1.29, 1.82) is 0 Å². The summed E-state index contributed by atoms with van der Waals surface area (Å²) >= 11 is 2.20. The Morgan fingerprint density at radius 1 is 0.714 bits per heavy atom. The van der Waals surface area contributed by atoms with E-state index in [9.17, 15) is 0 Å². The monoisotopic (exact) mass is 340 g/mol. The van der Waals surface area contributed by atoms with E-state index in [2.05, 4.69) is 50.4 Å². The van der Waals surface area contributed by atoms with E-state index >= 15 is 0 Å². The summed E-state index contributed by atoms with van der Waals surface area (Å²) in [5, 5.41) is 0. The van der Waals surface area contributed by atoms with Gasteiger partial charge in [-0.1, -0.05) is 103 Å². The molecule has 21 heavy (non-hydrogen) atoms. The Bertz CT molecular complexity index is 329. The van der Waals surface area contributed by atoms with Gasteiger partial charge in [0, 0.05) is 0 Å². The van der Waals surface area contributed by atoms with Crippen LogP contribution in [0.5, 0.6) is 0 Å². The zero-order chi connectivity index (χ0) is 15.5. The number of hydrogen-bond donors (Lipinski definition) is 0. The first-order valence-corrected chi connectivity index (χ1v) is 15.2. The third kappa shape index (κ3) is 7.80. The highest BCUT2D eigenvalue weighted by atomic mass is 32.1. The fourth-order valence-electron chi connectivity index (χ4n) is 2.94. The van der Waals surface area contributed by atoms with Crippen molar-refractivity contribution in [3.05, 3.63) is 12.1 Å². The highest BCUT2D eigenvalue weighted by Gasteiger charge is 2.14. The third-order valence-corrected chi connectivity index (χ3v) is 13.3. The minimum Gasteiger partial charge on any atom is -0.155 e. The average molecular weight is 341 g/mol. The molecule has 0 bridgehead atoms. The molecule has 122 valence electrons. The lowest BCUT2D eigenvalue weighted by atomic mass is 10.2. The molecule has 0 amide bonds. The van der Waals surface area contributed by atoms with Gasteiger partial charge in [0.15, 0.2) is 0 Å². The first-order valence-electron chi connectivity index (χ1n) is 9.28. The fraction of sp³-hybridized carbons (Fsp3) is 0.778. The van der Waals surface area contributed by atoms with E-state index in [1.165, 1.54) is 63.5 Å². The van der Waals surface area contributed by atoms with Gasteiger partial charge < -0.3 is 0 Å². The topological polar surface area (TPSA) is 0 Å². The highest BCUT2D eigenvalue weighted by molar-refractivity contribution is 7.31. The molecule has 0 saturated carbocycles. The molecule has 1 rings (SSSR count). The Morgan fingerprint density at radius 2 is 1.14 bits per heavy atom. The first-order chi connectivity index (χ1) is 10.2. The normalized spacial score (nSPS) is 14.3. The smallest absolute Gasteiger partial charge is 0.0806 e. The van der Waals surface area contributed by atoms with Crippen LogP contribution in [0.3, 0.4) is 0 Å². The maximum atomic E-state index is 2.56. The summed E-state index contributed by atoms with van der Waals surface area (Å²) in [6.07, 6.45) is 11.4. The van der Waals surface area contributed by atoms with Gasteiger partial charge in [0.25, 0.3) is 0 Å². The molecule has 0 aliphatic heterocycles. The number of hydrogen-bond acceptors (Lipinski definition) is 1. The maximum Gasteiger partial charge on any atom is 0.0806 e. The van der Waals surface area contributed by atoms with E-state index in [1.807, 2.05) is 0 Å². The van der Waals surface area contributed by atoms with E-state index < -0.39 is 17.6 Å². The predicted octanol–water partition coefficient (Wildman–Crippen LogP) is 5.04. The van der Waals surface area contributed by atoms with Crippen molar-refractivity contribution in [3.8, 4) is 0 Å². The lowest BCUT2D eigenvalue weighted by Crippen LogP contribution is -2.26. The summed E-state index contributed by atoms with van der Waals surface area (Å²) < 4.78 is 3.57. The Morgan fingerprint density at radius 3 is 1.52 bits per heavy atom. The summed E-state index contributed by atoms with van der Waals surface area (Å²) in [7, 11) is -1.24. The molecule has 0 aliphatic carbocycles. The lowest BCUT2D eigenvalue weighted by molar-refractivity contribution is 0.699. The molecule has 2 atom stereocenters. The zero-order valence-electron chi connectivity index (χ0n) is 14.8. The SMILES string of the molecule is CCCCCC[SiH](C)c1ccc([SiH](C)CCCCCC)s1. The molecule has 2 unspecified atom stereocenters. The number of rotatable bonds is 12. The van der Waals surface area contributed by atoms with Crippen molar-refractivity contribution in [2.75, 3.05) is 0 Å². The van der Waals surface area contributed by atoms with Crippen molar-refractivity contribution in [2.24, 2.45) is 0 Å². The average Bonchev–Trinajstić information content (AvgIpc) is 2.98. The zero-order valence-corrected chi connectivity index (χ0v) is 17.9. The van der Waals surface area contributed by atoms with Gasteiger partial charge in [0.2, 0.25) is 0 Å². The van der Waals surface area contributed by atoms with E-state index in [4.69, 9.17) is 0 Å². The van der Waals surface area contributed by atoms with Crippen LogP contribution in [0.2, 0.25) is 25.2 Å². The van der Waals surface area contributed by atoms with Gasteiger partial charge in [-0.05, 0) is 9.00 Å². The van der Waals surface area contributed by atoms with E-state index in [1.54, 1.807) is 9.00 Å². The molecule has 0 radical (unpaired) electrons. The highest BCUT2D eigenvalue weighted by Crippen LogP contribution is 2.11. The molecule has 0 N–H and O–H groups in total. The van der Waals surface area contributed by atoms with Crippen molar-refractivity contribution < 1.29 is 0 Å². The van der Waals surface area contributed by atoms with Crippen LogP contribution < -0.4 is 9.00 Å². The molecule has 0 aromatic carbocycles. The van der Waals surface area contributed by atoms with Crippen LogP contribution in [-0.4, -0.2) is 17.6 Å². The quantitative estimate of drug-likeness (QED) is 0.369. The predicted molar refractivity (Wildman–Crippen MR) is 108 cm³/mol. The number of thiophene rings is 1. The van der Waals surface area contributed by atoms with Crippen LogP contribution >= 0.6 is 11.3 Å². The van der Waals surface area contributed by atoms with Crippen LogP contribution in [0.4, 0.5) is 0 Å². The molecule has 1 aromatic rings. The van der Waals surface area contributed by atoms with E-state index in [0.717, 1.165) is 0 Å². The van der Waals surface area contributed by atoms with Gasteiger partial charge in [-0.3, -0.25) is 0 Å². The van der Waals surface area contributed by atoms with Crippen molar-refractivity contribution in [1.82, 2.24) is 0 Å². The van der Waals surface area contributed by atoms with Crippen molar-refractivity contribution in [3.63, 3.8) is 0 Å². The van der Waals surface area contributed by atoms with Crippen LogP contribution in [0.25, 0.3) is 0 Å². The van der Waals surface area contributed by atoms with Crippen LogP contribution in [-0.2, 0) is 0 Å². The van der Waals surface area contributed by atoms with Gasteiger partial charge in [-0.15, -0.1) is 0 Å². The molecular formula is C18H36SSi2. The fourth-order valence-corrected chi connectivity index (χ4v) is 10.2. The molecule has 0 nitrogen and oxygen atoms in total. The van der Waals surface area contributed by atoms with E-state index in [-0.39, 0.29) is 0 Å². The summed E-state index contributed by atoms with van der Waals surface area (Å²) in [5.74, 6) is 0. The summed E-state index contributed by atoms with van der Waals surface area (Å²) in [5.41, 5.74) is 0. The number of unbranched alkanes of at least 4 members (excludes halogenated alkanes) is 6. The second-order valence-electron chi connectivity index (χ2n) is 6.74. The first kappa shape index (κ1) is 19.2. The second-order valence-corrected chi connectivity index (χ2v) is 14.7. The standard InChI is InChI=1S/C18H36SSi2/c1-5-7-9-11-15-20(3)17-13-14-18(19-17)21(4)16-12-10-8-6-2/h13-14,20-21H,5-12,15-16H2,1-4H3. The molecular weight excluding hydrogens is 304 g/mol. The largest absolute Gasteiger partial charge is 0.155 e. The maximum absolute atomic E-state index is 2.56. The van der Waals surface area contributed by atoms with Gasteiger partial charge in [-0.2, -0.15) is 11.3 Å². The van der Waals surface area contributed by atoms with Crippen LogP contribution in [0, 0.1) is 0 Å². The van der Waals surface area contributed by atoms with Gasteiger partial charge >= 0.3 is 0 Å². The van der Waals surface area contributed by atoms with Crippen LogP contribution in [0.15, 0.2) is 12.1 Å². The van der Waals surface area contributed by atoms with Crippen molar-refractivity contribution in [2.45, 2.75) is 90.4 Å². The van der Waals surface area contributed by atoms with Gasteiger partial charge in [0.1, 0.15) is 0 Å². The molecule has 0 saturated heterocycles. The van der Waals surface area contributed by atoms with Gasteiger partial charge in [0.05, 0.1) is 17.6 Å². The molecule has 0 spiro atoms. The molecule has 1 aromatic heterocycles. The lowest BCUT2D eigenvalue weighted by Gasteiger charge is -2.09. The molecule has 1 heterocycles. The summed E-state index contributed by atoms with van der Waals surface area (Å²) in [6, 6.07) is 8.03. The Labute approximate surface area is 140 Å². The third-order valence-electron chi connectivity index (χ3n) is 4.60. The molecule has 0 aliphatic rings. The second kappa shape index (κ2) is 11.7. The van der Waals surface area contributed by atoms with Crippen LogP contribution in [0.1, 0.15) is 65.2 Å². The Hall–Kier alpha value is 0.134. The van der Waals surface area contributed by atoms with Crippen molar-refractivity contribution >= 4 is 37.9 Å². The summed E-state index contributed by atoms with van der Waals surface area (Å²) in [6.45, 7) is 9.74.